The molecule has 1 aromatic rings. The van der Waals surface area contributed by atoms with Gasteiger partial charge in [-0.15, -0.1) is 11.3 Å². The first-order chi connectivity index (χ1) is 9.74. The molecule has 0 aliphatic carbocycles. The van der Waals surface area contributed by atoms with E-state index in [4.69, 9.17) is 4.74 Å². The van der Waals surface area contributed by atoms with Crippen LogP contribution in [0.3, 0.4) is 0 Å². The molecule has 5 heteroatoms. The largest absolute Gasteiger partial charge is 0.466 e. The first-order valence-electron chi connectivity index (χ1n) is 7.21. The van der Waals surface area contributed by atoms with Gasteiger partial charge in [-0.3, -0.25) is 9.59 Å². The lowest BCUT2D eigenvalue weighted by atomic mass is 10.2. The minimum Gasteiger partial charge on any atom is -0.466 e. The molecule has 0 bridgehead atoms. The number of hydrogen-bond donors (Lipinski definition) is 1. The summed E-state index contributed by atoms with van der Waals surface area (Å²) in [5, 5.41) is 4.67. The van der Waals surface area contributed by atoms with Gasteiger partial charge in [-0.1, -0.05) is 32.3 Å². The molecule has 4 nitrogen and oxygen atoms in total. The molecule has 0 aromatic carbocycles. The lowest BCUT2D eigenvalue weighted by molar-refractivity contribution is -0.143. The highest BCUT2D eigenvalue weighted by Crippen LogP contribution is 2.07. The van der Waals surface area contributed by atoms with Gasteiger partial charge in [-0.2, -0.15) is 0 Å². The maximum atomic E-state index is 11.6. The standard InChI is InChI=1S/C15H23NO3S/c1-2-3-4-5-9-14(17)19-11-7-10-16-15(18)13-8-6-12-20-13/h6,8,12H,2-5,7,9-11H2,1H3,(H,16,18). The lowest BCUT2D eigenvalue weighted by Gasteiger charge is -2.06. The minimum absolute atomic E-state index is 0.0640. The van der Waals surface area contributed by atoms with Gasteiger partial charge in [0.1, 0.15) is 0 Å². The van der Waals surface area contributed by atoms with Crippen LogP contribution in [0, 0.1) is 0 Å². The highest BCUT2D eigenvalue weighted by molar-refractivity contribution is 7.12. The molecule has 0 aliphatic heterocycles. The van der Waals surface area contributed by atoms with Crippen molar-refractivity contribution < 1.29 is 14.3 Å². The van der Waals surface area contributed by atoms with E-state index in [1.54, 1.807) is 6.07 Å². The molecule has 0 aliphatic rings. The van der Waals surface area contributed by atoms with Gasteiger partial charge in [0.05, 0.1) is 11.5 Å². The Hall–Kier alpha value is -1.36. The zero-order chi connectivity index (χ0) is 14.6. The van der Waals surface area contributed by atoms with E-state index < -0.39 is 0 Å². The number of amides is 1. The van der Waals surface area contributed by atoms with Crippen molar-refractivity contribution in [2.45, 2.75) is 45.4 Å². The molecule has 1 N–H and O–H groups in total. The van der Waals surface area contributed by atoms with Crippen molar-refractivity contribution in [3.05, 3.63) is 22.4 Å². The Morgan fingerprint density at radius 3 is 2.80 bits per heavy atom. The summed E-state index contributed by atoms with van der Waals surface area (Å²) in [5.74, 6) is -0.198. The predicted molar refractivity (Wildman–Crippen MR) is 81.0 cm³/mol. The number of carbonyl (C=O) groups excluding carboxylic acids is 2. The van der Waals surface area contributed by atoms with Crippen molar-refractivity contribution in [2.24, 2.45) is 0 Å². The van der Waals surface area contributed by atoms with Gasteiger partial charge in [0.15, 0.2) is 0 Å². The van der Waals surface area contributed by atoms with Gasteiger partial charge in [0.2, 0.25) is 0 Å². The molecule has 0 saturated heterocycles. The normalized spacial score (nSPS) is 10.2. The highest BCUT2D eigenvalue weighted by atomic mass is 32.1. The summed E-state index contributed by atoms with van der Waals surface area (Å²) in [7, 11) is 0. The number of rotatable bonds is 10. The average molecular weight is 297 g/mol. The smallest absolute Gasteiger partial charge is 0.305 e. The van der Waals surface area contributed by atoms with Gasteiger partial charge >= 0.3 is 5.97 Å². The summed E-state index contributed by atoms with van der Waals surface area (Å²) in [6.45, 7) is 3.04. The number of unbranched alkanes of at least 4 members (excludes halogenated alkanes) is 3. The Kier molecular flexibility index (Phi) is 8.71. The molecule has 0 fully saturated rings. The topological polar surface area (TPSA) is 55.4 Å². The number of carbonyl (C=O) groups is 2. The summed E-state index contributed by atoms with van der Waals surface area (Å²) >= 11 is 1.42. The molecule has 1 aromatic heterocycles. The number of ether oxygens (including phenoxy) is 1. The number of esters is 1. The van der Waals surface area contributed by atoms with Gasteiger partial charge in [0, 0.05) is 13.0 Å². The van der Waals surface area contributed by atoms with E-state index in [9.17, 15) is 9.59 Å². The summed E-state index contributed by atoms with van der Waals surface area (Å²) in [5.41, 5.74) is 0. The Labute approximate surface area is 124 Å². The third-order valence-corrected chi connectivity index (χ3v) is 3.72. The molecule has 0 unspecified atom stereocenters. The van der Waals surface area contributed by atoms with Crippen molar-refractivity contribution in [2.75, 3.05) is 13.2 Å². The fraction of sp³-hybridized carbons (Fsp3) is 0.600. The first kappa shape index (κ1) is 16.7. The molecule has 112 valence electrons. The van der Waals surface area contributed by atoms with Crippen LogP contribution in [0.4, 0.5) is 0 Å². The molecular weight excluding hydrogens is 274 g/mol. The SMILES string of the molecule is CCCCCCC(=O)OCCCNC(=O)c1cccs1. The summed E-state index contributed by atoms with van der Waals surface area (Å²) in [6.07, 6.45) is 5.48. The van der Waals surface area contributed by atoms with Gasteiger partial charge in [0.25, 0.3) is 5.91 Å². The quantitative estimate of drug-likeness (QED) is 0.532. The highest BCUT2D eigenvalue weighted by Gasteiger charge is 2.05. The Morgan fingerprint density at radius 1 is 1.25 bits per heavy atom. The third kappa shape index (κ3) is 7.28. The van der Waals surface area contributed by atoms with E-state index in [1.807, 2.05) is 11.4 Å². The van der Waals surface area contributed by atoms with Crippen molar-refractivity contribution in [3.63, 3.8) is 0 Å². The van der Waals surface area contributed by atoms with Crippen LogP contribution in [0.1, 0.15) is 55.1 Å². The zero-order valence-corrected chi connectivity index (χ0v) is 12.8. The van der Waals surface area contributed by atoms with E-state index in [-0.39, 0.29) is 11.9 Å². The monoisotopic (exact) mass is 297 g/mol. The summed E-state index contributed by atoms with van der Waals surface area (Å²) in [4.78, 5) is 23.7. The third-order valence-electron chi connectivity index (χ3n) is 2.85. The maximum Gasteiger partial charge on any atom is 0.305 e. The van der Waals surface area contributed by atoms with Crippen molar-refractivity contribution >= 4 is 23.2 Å². The van der Waals surface area contributed by atoms with Crippen LogP contribution in [0.25, 0.3) is 0 Å². The van der Waals surface area contributed by atoms with Crippen LogP contribution in [0.5, 0.6) is 0 Å². The first-order valence-corrected chi connectivity index (χ1v) is 8.09. The van der Waals surface area contributed by atoms with Crippen LogP contribution in [0.2, 0.25) is 0 Å². The second kappa shape index (κ2) is 10.4. The molecule has 1 heterocycles. The lowest BCUT2D eigenvalue weighted by Crippen LogP contribution is -2.24. The van der Waals surface area contributed by atoms with E-state index >= 15 is 0 Å². The molecular formula is C15H23NO3S. The number of hydrogen-bond acceptors (Lipinski definition) is 4. The average Bonchev–Trinajstić information content (AvgIpc) is 2.97. The van der Waals surface area contributed by atoms with E-state index in [2.05, 4.69) is 12.2 Å². The number of nitrogens with one attached hydrogen (secondary N) is 1. The Balaban J connectivity index is 1.96. The summed E-state index contributed by atoms with van der Waals surface area (Å²) in [6, 6.07) is 3.64. The van der Waals surface area contributed by atoms with Crippen LogP contribution in [-0.4, -0.2) is 25.0 Å². The summed E-state index contributed by atoms with van der Waals surface area (Å²) < 4.78 is 5.11. The van der Waals surface area contributed by atoms with Gasteiger partial charge in [-0.05, 0) is 24.3 Å². The molecule has 1 rings (SSSR count). The van der Waals surface area contributed by atoms with Crippen LogP contribution < -0.4 is 5.32 Å². The zero-order valence-electron chi connectivity index (χ0n) is 12.0. The fourth-order valence-corrected chi connectivity index (χ4v) is 2.36. The second-order valence-electron chi connectivity index (χ2n) is 4.62. The van der Waals surface area contributed by atoms with Gasteiger partial charge in [-0.25, -0.2) is 0 Å². The Bertz CT molecular complexity index is 390. The molecule has 0 saturated carbocycles. The van der Waals surface area contributed by atoms with Crippen LogP contribution in [-0.2, 0) is 9.53 Å². The van der Waals surface area contributed by atoms with Crippen molar-refractivity contribution in [1.82, 2.24) is 5.32 Å². The maximum absolute atomic E-state index is 11.6. The molecule has 1 amide bonds. The van der Waals surface area contributed by atoms with Crippen LogP contribution in [0.15, 0.2) is 17.5 Å². The van der Waals surface area contributed by atoms with E-state index in [0.717, 1.165) is 12.8 Å². The molecule has 20 heavy (non-hydrogen) atoms. The van der Waals surface area contributed by atoms with E-state index in [0.29, 0.717) is 30.9 Å². The molecule has 0 radical (unpaired) electrons. The molecule has 0 spiro atoms. The van der Waals surface area contributed by atoms with Crippen molar-refractivity contribution in [1.29, 1.82) is 0 Å². The second-order valence-corrected chi connectivity index (χ2v) is 5.57. The number of thiophene rings is 1. The minimum atomic E-state index is -0.134. The fourth-order valence-electron chi connectivity index (χ4n) is 1.72. The van der Waals surface area contributed by atoms with Crippen LogP contribution >= 0.6 is 11.3 Å². The van der Waals surface area contributed by atoms with Crippen molar-refractivity contribution in [3.8, 4) is 0 Å². The Morgan fingerprint density at radius 2 is 2.10 bits per heavy atom. The van der Waals surface area contributed by atoms with Gasteiger partial charge < -0.3 is 10.1 Å². The molecule has 0 atom stereocenters. The van der Waals surface area contributed by atoms with E-state index in [1.165, 1.54) is 24.2 Å². The predicted octanol–water partition coefficient (Wildman–Crippen LogP) is 3.38.